The summed E-state index contributed by atoms with van der Waals surface area (Å²) in [5.41, 5.74) is -1.14. The lowest BCUT2D eigenvalue weighted by Gasteiger charge is -2.65. The van der Waals surface area contributed by atoms with E-state index in [1.165, 1.54) is 12.3 Å². The summed E-state index contributed by atoms with van der Waals surface area (Å²) in [4.78, 5) is 34.0. The molecule has 2 aromatic rings. The highest BCUT2D eigenvalue weighted by atomic mass is 35.5. The standard InChI is InChI=1S/C34H42ClN3O5/c1-32(2,3)43-28(39)22-41-19-13-11-10-12-14-24-16-15-23(21-37-24)29(40)38(9)30-33(4,5)31(34(30,6)7)42-25-17-18-27(36-8)26(35)20-25/h15-18,20-21,30-31H,10-11,13,19,22H2,1-7,9H3/i9D3. The van der Waals surface area contributed by atoms with Crippen LogP contribution in [0.5, 0.6) is 5.75 Å². The van der Waals surface area contributed by atoms with Crippen LogP contribution in [0.1, 0.15) is 87.9 Å². The van der Waals surface area contributed by atoms with Gasteiger partial charge in [0.15, 0.2) is 0 Å². The number of carbonyl (C=O) groups is 2. The first-order chi connectivity index (χ1) is 21.3. The summed E-state index contributed by atoms with van der Waals surface area (Å²) in [6.45, 7) is 17.7. The van der Waals surface area contributed by atoms with E-state index in [1.807, 2.05) is 27.7 Å². The molecule has 0 spiro atoms. The molecule has 0 atom stereocenters. The van der Waals surface area contributed by atoms with Gasteiger partial charge >= 0.3 is 5.97 Å². The van der Waals surface area contributed by atoms with E-state index in [0.29, 0.717) is 30.2 Å². The number of ether oxygens (including phenoxy) is 3. The zero-order valence-electron chi connectivity index (χ0n) is 28.9. The molecule has 0 saturated heterocycles. The lowest BCUT2D eigenvalue weighted by atomic mass is 9.49. The predicted octanol–water partition coefficient (Wildman–Crippen LogP) is 7.12. The zero-order valence-corrected chi connectivity index (χ0v) is 26.7. The van der Waals surface area contributed by atoms with Gasteiger partial charge in [0.2, 0.25) is 5.69 Å². The fourth-order valence-corrected chi connectivity index (χ4v) is 6.03. The number of unbranched alkanes of at least 4 members (excludes halogenated alkanes) is 2. The minimum atomic E-state index is -2.73. The number of halogens is 1. The summed E-state index contributed by atoms with van der Waals surface area (Å²) < 4.78 is 41.7. The first kappa shape index (κ1) is 29.5. The van der Waals surface area contributed by atoms with Gasteiger partial charge in [-0.2, -0.15) is 0 Å². The Morgan fingerprint density at radius 1 is 1.16 bits per heavy atom. The fourth-order valence-electron chi connectivity index (χ4n) is 5.81. The van der Waals surface area contributed by atoms with Gasteiger partial charge < -0.3 is 19.1 Å². The molecule has 1 fully saturated rings. The van der Waals surface area contributed by atoms with Crippen LogP contribution in [-0.2, 0) is 14.3 Å². The topological polar surface area (TPSA) is 82.3 Å². The fraction of sp³-hybridized carbons (Fsp3) is 0.529. The van der Waals surface area contributed by atoms with E-state index >= 15 is 0 Å². The number of rotatable bonds is 10. The monoisotopic (exact) mass is 610 g/mol. The molecule has 3 rings (SSSR count). The normalized spacial score (nSPS) is 19.7. The van der Waals surface area contributed by atoms with Crippen LogP contribution in [0.4, 0.5) is 5.69 Å². The lowest BCUT2D eigenvalue weighted by molar-refractivity contribution is -0.195. The Labute approximate surface area is 265 Å². The van der Waals surface area contributed by atoms with Crippen molar-refractivity contribution in [3.63, 3.8) is 0 Å². The average Bonchev–Trinajstić information content (AvgIpc) is 2.94. The van der Waals surface area contributed by atoms with E-state index in [4.69, 9.17) is 36.5 Å². The molecule has 1 heterocycles. The van der Waals surface area contributed by atoms with E-state index in [9.17, 15) is 9.59 Å². The molecule has 1 aliphatic carbocycles. The Hall–Kier alpha value is -3.59. The number of amides is 1. The number of pyridine rings is 1. The maximum absolute atomic E-state index is 13.8. The summed E-state index contributed by atoms with van der Waals surface area (Å²) in [7, 11) is 0. The summed E-state index contributed by atoms with van der Waals surface area (Å²) in [6, 6.07) is 7.24. The van der Waals surface area contributed by atoms with Crippen molar-refractivity contribution in [2.45, 2.75) is 85.5 Å². The van der Waals surface area contributed by atoms with Crippen LogP contribution in [0.15, 0.2) is 36.5 Å². The second kappa shape index (κ2) is 13.8. The van der Waals surface area contributed by atoms with Gasteiger partial charge in [0.05, 0.1) is 17.2 Å². The van der Waals surface area contributed by atoms with Crippen molar-refractivity contribution < 1.29 is 27.9 Å². The summed E-state index contributed by atoms with van der Waals surface area (Å²) in [6.07, 6.45) is 2.98. The Morgan fingerprint density at radius 3 is 2.47 bits per heavy atom. The zero-order chi connectivity index (χ0) is 34.5. The third-order valence-electron chi connectivity index (χ3n) is 7.24. The minimum Gasteiger partial charge on any atom is -0.489 e. The number of hydrogen-bond donors (Lipinski definition) is 0. The van der Waals surface area contributed by atoms with Crippen molar-refractivity contribution in [1.82, 2.24) is 9.88 Å². The molecule has 0 bridgehead atoms. The van der Waals surface area contributed by atoms with Crippen LogP contribution in [0.2, 0.25) is 5.02 Å². The molecule has 1 saturated carbocycles. The van der Waals surface area contributed by atoms with Crippen molar-refractivity contribution in [2.75, 3.05) is 20.2 Å². The summed E-state index contributed by atoms with van der Waals surface area (Å²) in [5, 5.41) is 0.264. The molecule has 0 radical (unpaired) electrons. The molecule has 9 heteroatoms. The smallest absolute Gasteiger partial charge is 0.332 e. The number of benzene rings is 1. The number of aromatic nitrogens is 1. The number of nitrogens with zero attached hydrogens (tertiary/aromatic N) is 3. The number of carbonyl (C=O) groups excluding carboxylic acids is 2. The second-order valence-corrected chi connectivity index (χ2v) is 13.2. The molecule has 230 valence electrons. The molecule has 1 aliphatic rings. The first-order valence-electron chi connectivity index (χ1n) is 15.7. The predicted molar refractivity (Wildman–Crippen MR) is 167 cm³/mol. The van der Waals surface area contributed by atoms with Crippen molar-refractivity contribution in [2.24, 2.45) is 10.8 Å². The molecule has 0 aliphatic heterocycles. The largest absolute Gasteiger partial charge is 0.489 e. The SMILES string of the molecule is [2H]C([2H])([2H])N(C(=O)c1ccc(C#CCCCCOCC(=O)OC(C)(C)C)nc1)C1C(C)(C)C(Oc2ccc([N+]#[C-])c(Cl)c2)C1(C)C. The Kier molecular flexibility index (Phi) is 9.46. The van der Waals surface area contributed by atoms with Crippen LogP contribution < -0.4 is 4.74 Å². The van der Waals surface area contributed by atoms with Crippen molar-refractivity contribution in [1.29, 1.82) is 0 Å². The van der Waals surface area contributed by atoms with Crippen LogP contribution >= 0.6 is 11.6 Å². The van der Waals surface area contributed by atoms with Gasteiger partial charge in [-0.05, 0) is 63.8 Å². The Bertz CT molecular complexity index is 1500. The van der Waals surface area contributed by atoms with Gasteiger partial charge in [0.25, 0.3) is 5.91 Å². The van der Waals surface area contributed by atoms with Crippen molar-refractivity contribution >= 4 is 29.2 Å². The van der Waals surface area contributed by atoms with E-state index in [-0.39, 0.29) is 17.2 Å². The van der Waals surface area contributed by atoms with Gasteiger partial charge in [-0.25, -0.2) is 14.6 Å². The molecule has 8 nitrogen and oxygen atoms in total. The third-order valence-corrected chi connectivity index (χ3v) is 7.54. The van der Waals surface area contributed by atoms with Gasteiger partial charge in [0, 0.05) is 47.2 Å². The molecular weight excluding hydrogens is 566 g/mol. The number of hydrogen-bond acceptors (Lipinski definition) is 6. The lowest BCUT2D eigenvalue weighted by Crippen LogP contribution is -2.74. The number of esters is 1. The van der Waals surface area contributed by atoms with E-state index in [2.05, 4.69) is 21.7 Å². The van der Waals surface area contributed by atoms with Gasteiger partial charge in [-0.15, -0.1) is 0 Å². The van der Waals surface area contributed by atoms with E-state index in [0.717, 1.165) is 17.7 Å². The molecule has 1 aromatic heterocycles. The van der Waals surface area contributed by atoms with E-state index < -0.39 is 47.4 Å². The first-order valence-corrected chi connectivity index (χ1v) is 14.6. The highest BCUT2D eigenvalue weighted by molar-refractivity contribution is 6.33. The molecule has 1 amide bonds. The molecular formula is C34H42ClN3O5. The van der Waals surface area contributed by atoms with Gasteiger partial charge in [-0.3, -0.25) is 4.79 Å². The van der Waals surface area contributed by atoms with Crippen LogP contribution in [0, 0.1) is 29.2 Å². The van der Waals surface area contributed by atoms with Crippen LogP contribution in [-0.4, -0.2) is 59.7 Å². The Morgan fingerprint density at radius 2 is 1.88 bits per heavy atom. The quantitative estimate of drug-likeness (QED) is 0.123. The van der Waals surface area contributed by atoms with Crippen molar-refractivity contribution in [3.8, 4) is 17.6 Å². The third kappa shape index (κ3) is 8.50. The molecule has 43 heavy (non-hydrogen) atoms. The average molecular weight is 611 g/mol. The maximum atomic E-state index is 13.8. The van der Waals surface area contributed by atoms with Crippen LogP contribution in [0.3, 0.4) is 0 Å². The minimum absolute atomic E-state index is 0.0873. The van der Waals surface area contributed by atoms with Gasteiger partial charge in [0.1, 0.15) is 29.8 Å². The van der Waals surface area contributed by atoms with Crippen LogP contribution in [0.25, 0.3) is 4.85 Å². The highest BCUT2D eigenvalue weighted by Crippen LogP contribution is 2.58. The molecule has 1 aromatic carbocycles. The summed E-state index contributed by atoms with van der Waals surface area (Å²) in [5.74, 6) is 5.40. The van der Waals surface area contributed by atoms with Gasteiger partial charge in [-0.1, -0.05) is 51.3 Å². The highest BCUT2D eigenvalue weighted by Gasteiger charge is 2.65. The Balaban J connectivity index is 1.62. The molecule has 0 unspecified atom stereocenters. The maximum Gasteiger partial charge on any atom is 0.332 e. The summed E-state index contributed by atoms with van der Waals surface area (Å²) >= 11 is 6.21. The van der Waals surface area contributed by atoms with E-state index in [1.54, 1.807) is 45.0 Å². The van der Waals surface area contributed by atoms with Crippen molar-refractivity contribution in [3.05, 3.63) is 64.2 Å². The second-order valence-electron chi connectivity index (χ2n) is 12.8. The molecule has 0 N–H and O–H groups in total.